The summed E-state index contributed by atoms with van der Waals surface area (Å²) in [6, 6.07) is -0.408. The van der Waals surface area contributed by atoms with Crippen LogP contribution in [-0.2, 0) is 30.7 Å². The van der Waals surface area contributed by atoms with Gasteiger partial charge < -0.3 is 15.7 Å². The number of carbonyl (C=O) groups excluding carboxylic acids is 1. The van der Waals surface area contributed by atoms with Crippen molar-refractivity contribution in [3.63, 3.8) is 0 Å². The predicted octanol–water partition coefficient (Wildman–Crippen LogP) is 1.62. The molecule has 5 nitrogen and oxygen atoms in total. The van der Waals surface area contributed by atoms with E-state index in [1.807, 2.05) is 6.92 Å². The Morgan fingerprint density at radius 1 is 1.53 bits per heavy atom. The molecule has 0 saturated carbocycles. The maximum atomic E-state index is 11.8. The van der Waals surface area contributed by atoms with Gasteiger partial charge >= 0.3 is 5.97 Å². The van der Waals surface area contributed by atoms with Crippen LogP contribution in [0.2, 0.25) is 0 Å². The summed E-state index contributed by atoms with van der Waals surface area (Å²) in [4.78, 5) is 22.9. The Morgan fingerprint density at radius 3 is 2.89 bits per heavy atom. The molecule has 0 radical (unpaired) electrons. The van der Waals surface area contributed by atoms with Crippen LogP contribution in [0.5, 0.6) is 0 Å². The first-order valence-corrected chi connectivity index (χ1v) is 7.48. The minimum absolute atomic E-state index is 0. The number of amides is 1. The van der Waals surface area contributed by atoms with E-state index in [1.54, 1.807) is 0 Å². The summed E-state index contributed by atoms with van der Waals surface area (Å²) in [5, 5.41) is 15.9. The second-order valence-corrected chi connectivity index (χ2v) is 5.60. The van der Waals surface area contributed by atoms with Crippen LogP contribution in [0.4, 0.5) is 0 Å². The summed E-state index contributed by atoms with van der Waals surface area (Å²) in [6.07, 6.45) is 3.23. The SMILES string of the molecule is CCC[N-]C1CSC(C(=O)O)CCCCNC1=O.[W]. The van der Waals surface area contributed by atoms with Crippen molar-refractivity contribution in [2.75, 3.05) is 18.8 Å². The molecule has 0 aromatic carbocycles. The molecular weight excluding hydrogens is 436 g/mol. The van der Waals surface area contributed by atoms with E-state index in [-0.39, 0.29) is 27.0 Å². The van der Waals surface area contributed by atoms with Crippen LogP contribution in [0.25, 0.3) is 5.32 Å². The van der Waals surface area contributed by atoms with E-state index in [9.17, 15) is 9.59 Å². The van der Waals surface area contributed by atoms with Gasteiger partial charge in [0.25, 0.3) is 0 Å². The van der Waals surface area contributed by atoms with Crippen molar-refractivity contribution in [3.8, 4) is 0 Å². The van der Waals surface area contributed by atoms with Gasteiger partial charge in [-0.2, -0.15) is 0 Å². The first kappa shape index (κ1) is 18.9. The van der Waals surface area contributed by atoms with Crippen molar-refractivity contribution in [3.05, 3.63) is 5.32 Å². The van der Waals surface area contributed by atoms with Gasteiger partial charge in [0.15, 0.2) is 0 Å². The average molecular weight is 457 g/mol. The normalized spacial score (nSPS) is 25.0. The Balaban J connectivity index is 0.00000324. The molecule has 19 heavy (non-hydrogen) atoms. The molecule has 1 heterocycles. The van der Waals surface area contributed by atoms with Crippen LogP contribution in [0.3, 0.4) is 0 Å². The van der Waals surface area contributed by atoms with Crippen molar-refractivity contribution in [1.82, 2.24) is 5.32 Å². The van der Waals surface area contributed by atoms with Gasteiger partial charge in [-0.3, -0.25) is 9.59 Å². The van der Waals surface area contributed by atoms with Crippen molar-refractivity contribution in [1.29, 1.82) is 0 Å². The van der Waals surface area contributed by atoms with Crippen LogP contribution in [0, 0.1) is 0 Å². The molecule has 0 bridgehead atoms. The first-order valence-electron chi connectivity index (χ1n) is 6.44. The molecule has 7 heteroatoms. The molecule has 0 spiro atoms. The number of carbonyl (C=O) groups is 2. The molecule has 2 N–H and O–H groups in total. The maximum Gasteiger partial charge on any atom is 0.316 e. The van der Waals surface area contributed by atoms with E-state index in [1.165, 1.54) is 11.8 Å². The molecule has 0 aromatic rings. The second kappa shape index (κ2) is 10.7. The van der Waals surface area contributed by atoms with Crippen molar-refractivity contribution >= 4 is 23.6 Å². The minimum atomic E-state index is -0.782. The molecule has 0 aliphatic carbocycles. The van der Waals surface area contributed by atoms with Crippen LogP contribution in [0.15, 0.2) is 0 Å². The smallest absolute Gasteiger partial charge is 0.316 e. The second-order valence-electron chi connectivity index (χ2n) is 4.37. The Morgan fingerprint density at radius 2 is 2.26 bits per heavy atom. The number of rotatable bonds is 4. The first-order chi connectivity index (χ1) is 8.65. The minimum Gasteiger partial charge on any atom is -0.651 e. The fourth-order valence-corrected chi connectivity index (χ4v) is 2.91. The van der Waals surface area contributed by atoms with Crippen molar-refractivity contribution in [2.45, 2.75) is 43.9 Å². The Bertz CT molecular complexity index is 292. The molecule has 2 unspecified atom stereocenters. The van der Waals surface area contributed by atoms with Gasteiger partial charge in [-0.1, -0.05) is 19.8 Å². The number of carboxylic acids is 1. The zero-order valence-electron chi connectivity index (χ0n) is 11.1. The summed E-state index contributed by atoms with van der Waals surface area (Å²) < 4.78 is 0. The van der Waals surface area contributed by atoms with E-state index in [0.717, 1.165) is 19.3 Å². The third-order valence-electron chi connectivity index (χ3n) is 2.80. The topological polar surface area (TPSA) is 80.5 Å². The Hall–Kier alpha value is -0.0617. The molecule has 1 saturated heterocycles. The van der Waals surface area contributed by atoms with Crippen LogP contribution >= 0.6 is 11.8 Å². The average Bonchev–Trinajstić information content (AvgIpc) is 2.35. The van der Waals surface area contributed by atoms with Gasteiger partial charge in [0.1, 0.15) is 5.25 Å². The molecule has 1 rings (SSSR count). The predicted molar refractivity (Wildman–Crippen MR) is 73.0 cm³/mol. The quantitative estimate of drug-likeness (QED) is 0.673. The Kier molecular flexibility index (Phi) is 10.7. The number of nitrogens with one attached hydrogen (secondary N) is 1. The molecule has 1 fully saturated rings. The molecule has 110 valence electrons. The molecule has 1 aliphatic rings. The summed E-state index contributed by atoms with van der Waals surface area (Å²) in [6.45, 7) is 3.28. The van der Waals surface area contributed by atoms with E-state index < -0.39 is 17.3 Å². The number of thioether (sulfide) groups is 1. The van der Waals surface area contributed by atoms with Gasteiger partial charge in [-0.25, -0.2) is 0 Å². The molecule has 1 amide bonds. The molecule has 0 aromatic heterocycles. The third kappa shape index (κ3) is 7.33. The standard InChI is InChI=1S/C12H21N2O3S.W/c1-2-6-13-9-8-18-10(12(16)17)5-3-4-7-14-11(9)15;/h9-10H,2-8H2,1H3,(H,14,15)(H,16,17);/q-1;. The monoisotopic (exact) mass is 457 g/mol. The van der Waals surface area contributed by atoms with Gasteiger partial charge in [0.2, 0.25) is 5.91 Å². The zero-order chi connectivity index (χ0) is 13.4. The summed E-state index contributed by atoms with van der Waals surface area (Å²) in [7, 11) is 0. The van der Waals surface area contributed by atoms with Gasteiger partial charge in [0.05, 0.1) is 0 Å². The van der Waals surface area contributed by atoms with Gasteiger partial charge in [-0.05, 0) is 24.6 Å². The summed E-state index contributed by atoms with van der Waals surface area (Å²) in [5.74, 6) is -0.389. The van der Waals surface area contributed by atoms with Gasteiger partial charge in [-0.15, -0.1) is 18.3 Å². The Labute approximate surface area is 132 Å². The number of hydrogen-bond donors (Lipinski definition) is 2. The van der Waals surface area contributed by atoms with Crippen LogP contribution < -0.4 is 5.32 Å². The molecule has 1 aliphatic heterocycles. The third-order valence-corrected chi connectivity index (χ3v) is 4.15. The van der Waals surface area contributed by atoms with E-state index in [4.69, 9.17) is 5.11 Å². The van der Waals surface area contributed by atoms with E-state index in [2.05, 4.69) is 10.6 Å². The fourth-order valence-electron chi connectivity index (χ4n) is 1.77. The maximum absolute atomic E-state index is 11.8. The largest absolute Gasteiger partial charge is 0.651 e. The van der Waals surface area contributed by atoms with Crippen molar-refractivity contribution < 1.29 is 35.8 Å². The molecule has 2 atom stereocenters. The number of nitrogens with zero attached hydrogens (tertiary/aromatic N) is 1. The zero-order valence-corrected chi connectivity index (χ0v) is 14.9. The number of hydrogen-bond acceptors (Lipinski definition) is 3. The van der Waals surface area contributed by atoms with Gasteiger partial charge in [0, 0.05) is 27.6 Å². The van der Waals surface area contributed by atoms with Crippen LogP contribution in [-0.4, -0.2) is 47.1 Å². The number of carboxylic acid groups (broad SMARTS) is 1. The van der Waals surface area contributed by atoms with E-state index in [0.29, 0.717) is 25.3 Å². The summed E-state index contributed by atoms with van der Waals surface area (Å²) >= 11 is 1.34. The van der Waals surface area contributed by atoms with Crippen molar-refractivity contribution in [2.24, 2.45) is 0 Å². The summed E-state index contributed by atoms with van der Waals surface area (Å²) in [5.41, 5.74) is 0. The van der Waals surface area contributed by atoms with E-state index >= 15 is 0 Å². The fraction of sp³-hybridized carbons (Fsp3) is 0.833. The number of aliphatic carboxylic acids is 1. The van der Waals surface area contributed by atoms with Crippen LogP contribution in [0.1, 0.15) is 32.6 Å². The molecular formula is C12H21N2O3SW-.